The zero-order valence-electron chi connectivity index (χ0n) is 17.2. The summed E-state index contributed by atoms with van der Waals surface area (Å²) in [5.41, 5.74) is 4.00. The van der Waals surface area contributed by atoms with Crippen molar-refractivity contribution in [3.63, 3.8) is 0 Å². The average Bonchev–Trinajstić information content (AvgIpc) is 3.22. The van der Waals surface area contributed by atoms with Crippen molar-refractivity contribution in [1.82, 2.24) is 9.22 Å². The van der Waals surface area contributed by atoms with Gasteiger partial charge in [-0.1, -0.05) is 57.5 Å². The molecule has 2 heterocycles. The number of hydrogen-bond acceptors (Lipinski definition) is 3. The van der Waals surface area contributed by atoms with E-state index in [0.717, 1.165) is 26.9 Å². The molecule has 0 N–H and O–H groups in total. The third-order valence-electron chi connectivity index (χ3n) is 5.94. The van der Waals surface area contributed by atoms with Gasteiger partial charge in [-0.25, -0.2) is 4.98 Å². The van der Waals surface area contributed by atoms with E-state index in [9.17, 15) is 0 Å². The van der Waals surface area contributed by atoms with E-state index >= 15 is 0 Å². The van der Waals surface area contributed by atoms with E-state index in [1.165, 1.54) is 11.9 Å². The van der Waals surface area contributed by atoms with Gasteiger partial charge in [-0.2, -0.15) is 0 Å². The Hall–Kier alpha value is -1.53. The Morgan fingerprint density at radius 3 is 2.19 bits per heavy atom. The van der Waals surface area contributed by atoms with Gasteiger partial charge in [-0.05, 0) is 28.8 Å². The van der Waals surface area contributed by atoms with Crippen LogP contribution in [0.15, 0.2) is 39.8 Å². The van der Waals surface area contributed by atoms with Crippen LogP contribution in [-0.4, -0.2) is 24.6 Å². The largest absolute Gasteiger partial charge is 0.496 e. The number of aromatic nitrogens is 2. The molecule has 27 heavy (non-hydrogen) atoms. The van der Waals surface area contributed by atoms with Crippen molar-refractivity contribution in [2.75, 3.05) is 7.11 Å². The highest BCUT2D eigenvalue weighted by molar-refractivity contribution is 9.10. The van der Waals surface area contributed by atoms with E-state index in [1.54, 1.807) is 13.3 Å². The van der Waals surface area contributed by atoms with Crippen molar-refractivity contribution in [3.8, 4) is 17.1 Å². The fourth-order valence-corrected chi connectivity index (χ4v) is 12.2. The predicted octanol–water partition coefficient (Wildman–Crippen LogP) is 7.09. The lowest BCUT2D eigenvalue weighted by molar-refractivity contribution is 0.419. The van der Waals surface area contributed by atoms with Crippen LogP contribution in [0.3, 0.4) is 0 Å². The van der Waals surface area contributed by atoms with Gasteiger partial charge in [0.15, 0.2) is 20.4 Å². The molecule has 0 fully saturated rings. The second-order valence-corrected chi connectivity index (χ2v) is 14.8. The molecule has 0 aliphatic carbocycles. The van der Waals surface area contributed by atoms with Crippen molar-refractivity contribution in [3.05, 3.63) is 35.4 Å². The van der Waals surface area contributed by atoms with Crippen LogP contribution in [0.2, 0.25) is 16.6 Å². The second-order valence-electron chi connectivity index (χ2n) is 8.13. The molecule has 0 saturated heterocycles. The topological polar surface area (TPSA) is 40.2 Å². The first-order chi connectivity index (χ1) is 12.7. The summed E-state index contributed by atoms with van der Waals surface area (Å²) in [5, 5.41) is 1.09. The van der Waals surface area contributed by atoms with Crippen LogP contribution in [0.4, 0.5) is 0 Å². The predicted molar refractivity (Wildman–Crippen MR) is 118 cm³/mol. The maximum absolute atomic E-state index is 5.76. The van der Waals surface area contributed by atoms with Gasteiger partial charge in [-0.3, -0.25) is 0 Å². The Kier molecular flexibility index (Phi) is 5.59. The molecule has 0 saturated carbocycles. The van der Waals surface area contributed by atoms with Gasteiger partial charge < -0.3 is 13.4 Å². The fourth-order valence-electron chi connectivity index (χ4n) is 5.14. The number of rotatable bonds is 6. The average molecular weight is 449 g/mol. The van der Waals surface area contributed by atoms with Crippen LogP contribution < -0.4 is 4.74 Å². The Balaban J connectivity index is 2.48. The summed E-state index contributed by atoms with van der Waals surface area (Å²) in [7, 11) is -0.217. The molecule has 0 aliphatic heterocycles. The molecular weight excluding hydrogens is 420 g/mol. The maximum Gasteiger partial charge on any atom is 0.181 e. The van der Waals surface area contributed by atoms with Gasteiger partial charge in [-0.15, -0.1) is 0 Å². The van der Waals surface area contributed by atoms with Gasteiger partial charge in [0.1, 0.15) is 5.75 Å². The minimum Gasteiger partial charge on any atom is -0.496 e. The monoisotopic (exact) mass is 448 g/mol. The van der Waals surface area contributed by atoms with Crippen molar-refractivity contribution in [2.24, 2.45) is 0 Å². The zero-order valence-corrected chi connectivity index (χ0v) is 19.8. The molecule has 0 atom stereocenters. The first kappa shape index (κ1) is 20.2. The molecule has 2 aromatic heterocycles. The number of fused-ring (bicyclic) bond motifs is 1. The Morgan fingerprint density at radius 2 is 1.70 bits per heavy atom. The molecular formula is C21H29BrN2O2Si. The highest BCUT2D eigenvalue weighted by Gasteiger charge is 2.46. The van der Waals surface area contributed by atoms with Gasteiger partial charge in [0.05, 0.1) is 18.7 Å². The lowest BCUT2D eigenvalue weighted by Crippen LogP contribution is -2.51. The molecule has 0 bridgehead atoms. The highest BCUT2D eigenvalue weighted by atomic mass is 79.9. The summed E-state index contributed by atoms with van der Waals surface area (Å²) < 4.78 is 15.1. The lowest BCUT2D eigenvalue weighted by atomic mass is 10.1. The van der Waals surface area contributed by atoms with Crippen molar-refractivity contribution in [2.45, 2.75) is 58.2 Å². The van der Waals surface area contributed by atoms with Crippen LogP contribution in [0.1, 0.15) is 41.5 Å². The molecule has 0 spiro atoms. The summed E-state index contributed by atoms with van der Waals surface area (Å²) in [5.74, 6) is 1.63. The van der Waals surface area contributed by atoms with E-state index in [0.29, 0.717) is 16.6 Å². The van der Waals surface area contributed by atoms with E-state index < -0.39 is 8.24 Å². The first-order valence-electron chi connectivity index (χ1n) is 9.53. The fraction of sp³-hybridized carbons (Fsp3) is 0.476. The summed E-state index contributed by atoms with van der Waals surface area (Å²) in [6, 6.07) is 4.24. The summed E-state index contributed by atoms with van der Waals surface area (Å²) in [6.45, 7) is 14.3. The molecule has 0 aliphatic rings. The number of hydrogen-bond donors (Lipinski definition) is 0. The molecule has 4 nitrogen and oxygen atoms in total. The molecule has 1 aromatic carbocycles. The van der Waals surface area contributed by atoms with Crippen LogP contribution in [0.5, 0.6) is 5.75 Å². The van der Waals surface area contributed by atoms with Gasteiger partial charge in [0, 0.05) is 21.7 Å². The lowest BCUT2D eigenvalue weighted by Gasteiger charge is -2.44. The number of ether oxygens (including phenoxy) is 1. The summed E-state index contributed by atoms with van der Waals surface area (Å²) in [6.07, 6.45) is 5.55. The smallest absolute Gasteiger partial charge is 0.181 e. The van der Waals surface area contributed by atoms with Gasteiger partial charge in [0.2, 0.25) is 0 Å². The van der Waals surface area contributed by atoms with Crippen LogP contribution in [-0.2, 0) is 0 Å². The quantitative estimate of drug-likeness (QED) is 0.377. The van der Waals surface area contributed by atoms with Crippen LogP contribution in [0, 0.1) is 0 Å². The van der Waals surface area contributed by atoms with Crippen LogP contribution >= 0.6 is 15.9 Å². The molecule has 6 heteroatoms. The summed E-state index contributed by atoms with van der Waals surface area (Å²) >= 11 is 3.68. The Bertz CT molecular complexity index is 908. The molecule has 3 aromatic rings. The maximum atomic E-state index is 5.76. The highest BCUT2D eigenvalue weighted by Crippen LogP contribution is 2.48. The van der Waals surface area contributed by atoms with Crippen LogP contribution in [0.25, 0.3) is 22.2 Å². The minimum atomic E-state index is -1.94. The molecule has 0 amide bonds. The van der Waals surface area contributed by atoms with E-state index in [1.807, 2.05) is 6.07 Å². The Morgan fingerprint density at radius 1 is 1.07 bits per heavy atom. The molecule has 3 rings (SSSR count). The minimum absolute atomic E-state index is 0.584. The standard InChI is InChI=1S/C21H29BrN2O2Si/c1-13(2)27(14(3)4,15(5)6)24-11-17(20-10-23-12-26-20)21-18(24)8-16(22)9-19(21)25-7/h8-15H,1-7H3. The van der Waals surface area contributed by atoms with E-state index in [2.05, 4.69) is 79.0 Å². The second kappa shape index (κ2) is 7.47. The molecule has 146 valence electrons. The number of benzene rings is 1. The third kappa shape index (κ3) is 3.07. The first-order valence-corrected chi connectivity index (χ1v) is 12.5. The number of oxazole rings is 1. The van der Waals surface area contributed by atoms with Crippen molar-refractivity contribution >= 4 is 35.1 Å². The Labute approximate surface area is 171 Å². The number of halogens is 1. The number of nitrogens with zero attached hydrogens (tertiary/aromatic N) is 2. The SMILES string of the molecule is COc1cc(Br)cc2c1c(-c1cnco1)cn2[Si](C(C)C)(C(C)C)C(C)C. The zero-order chi connectivity index (χ0) is 19.9. The van der Waals surface area contributed by atoms with Gasteiger partial charge >= 0.3 is 0 Å². The van der Waals surface area contributed by atoms with Crippen molar-refractivity contribution < 1.29 is 9.15 Å². The van der Waals surface area contributed by atoms with E-state index in [-0.39, 0.29) is 0 Å². The summed E-state index contributed by atoms with van der Waals surface area (Å²) in [4.78, 5) is 4.14. The van der Waals surface area contributed by atoms with E-state index in [4.69, 9.17) is 9.15 Å². The molecule has 0 unspecified atom stereocenters. The third-order valence-corrected chi connectivity index (χ3v) is 13.2. The number of methoxy groups -OCH3 is 1. The molecule has 0 radical (unpaired) electrons. The van der Waals surface area contributed by atoms with Gasteiger partial charge in [0.25, 0.3) is 0 Å². The normalized spacial score (nSPS) is 12.7. The van der Waals surface area contributed by atoms with Crippen molar-refractivity contribution in [1.29, 1.82) is 0 Å².